The number of hydrogen-bond acceptors (Lipinski definition) is 9. The van der Waals surface area contributed by atoms with Crippen molar-refractivity contribution in [3.8, 4) is 5.88 Å². The molecule has 6 rings (SSSR count). The molecule has 10 nitrogen and oxygen atoms in total. The number of nitrogens with zero attached hydrogens (tertiary/aromatic N) is 5. The van der Waals surface area contributed by atoms with E-state index in [0.29, 0.717) is 66.8 Å². The van der Waals surface area contributed by atoms with E-state index in [0.717, 1.165) is 23.5 Å². The van der Waals surface area contributed by atoms with Crippen molar-refractivity contribution in [2.75, 3.05) is 67.2 Å². The second-order valence-electron chi connectivity index (χ2n) is 9.45. The van der Waals surface area contributed by atoms with E-state index in [-0.39, 0.29) is 12.0 Å². The van der Waals surface area contributed by atoms with Crippen LogP contribution in [0, 0.1) is 5.82 Å². The number of thioether (sulfide) groups is 1. The molecule has 1 N–H and O–H groups in total. The van der Waals surface area contributed by atoms with Gasteiger partial charge in [-0.05, 0) is 30.7 Å². The summed E-state index contributed by atoms with van der Waals surface area (Å²) in [6, 6.07) is 9.12. The quantitative estimate of drug-likeness (QED) is 0.524. The van der Waals surface area contributed by atoms with Crippen LogP contribution in [0.1, 0.15) is 6.42 Å². The van der Waals surface area contributed by atoms with E-state index in [2.05, 4.69) is 20.2 Å². The zero-order valence-electron chi connectivity index (χ0n) is 20.9. The third-order valence-corrected chi connectivity index (χ3v) is 8.05. The molecule has 198 valence electrons. The first-order valence-corrected chi connectivity index (χ1v) is 13.5. The van der Waals surface area contributed by atoms with Crippen molar-refractivity contribution in [1.29, 1.82) is 0 Å². The fraction of sp³-hybridized carbons (Fsp3) is 0.385. The number of ether oxygens (including phenoxy) is 2. The third kappa shape index (κ3) is 4.81. The molecule has 38 heavy (non-hydrogen) atoms. The van der Waals surface area contributed by atoms with Gasteiger partial charge in [-0.1, -0.05) is 0 Å². The largest absolute Gasteiger partial charge is 0.481 e. The first-order chi connectivity index (χ1) is 18.5. The summed E-state index contributed by atoms with van der Waals surface area (Å²) in [5, 5.41) is 2.87. The van der Waals surface area contributed by atoms with Crippen LogP contribution in [0.25, 0.3) is 11.0 Å². The standard InChI is InChI=1S/C26H27FN6O4S/c1-36-23-6-4-19-24(30-23)25(18(27)12-28-19)32-8-2-7-31(9-10-32)13-17-14-33(26(35)37-17)16-3-5-21-20(11-16)29-22(34)15-38-21/h3-6,11-12,17H,2,7-10,13-15H2,1H3,(H,29,34)/t17-/m1/s1. The number of fused-ring (bicyclic) bond motifs is 2. The Morgan fingerprint density at radius 1 is 1.18 bits per heavy atom. The summed E-state index contributed by atoms with van der Waals surface area (Å²) < 4.78 is 25.9. The third-order valence-electron chi connectivity index (χ3n) is 6.97. The average Bonchev–Trinajstić information content (AvgIpc) is 3.13. The lowest BCUT2D eigenvalue weighted by atomic mass is 10.2. The van der Waals surface area contributed by atoms with Gasteiger partial charge in [-0.2, -0.15) is 0 Å². The number of pyridine rings is 2. The lowest BCUT2D eigenvalue weighted by Crippen LogP contribution is -2.37. The average molecular weight is 539 g/mol. The van der Waals surface area contributed by atoms with Crippen LogP contribution in [0.2, 0.25) is 0 Å². The number of rotatable bonds is 5. The van der Waals surface area contributed by atoms with E-state index < -0.39 is 11.9 Å². The van der Waals surface area contributed by atoms with E-state index in [4.69, 9.17) is 9.47 Å². The van der Waals surface area contributed by atoms with Gasteiger partial charge in [-0.25, -0.2) is 14.2 Å². The van der Waals surface area contributed by atoms with Gasteiger partial charge in [-0.15, -0.1) is 11.8 Å². The molecule has 2 amide bonds. The molecule has 0 bridgehead atoms. The van der Waals surface area contributed by atoms with Crippen LogP contribution >= 0.6 is 11.8 Å². The molecule has 2 fully saturated rings. The molecule has 3 aliphatic heterocycles. The predicted molar refractivity (Wildman–Crippen MR) is 143 cm³/mol. The Morgan fingerprint density at radius 2 is 2.08 bits per heavy atom. The number of carbonyl (C=O) groups is 2. The van der Waals surface area contributed by atoms with E-state index in [1.54, 1.807) is 17.0 Å². The van der Waals surface area contributed by atoms with Gasteiger partial charge in [0.25, 0.3) is 0 Å². The van der Waals surface area contributed by atoms with Crippen molar-refractivity contribution in [2.24, 2.45) is 0 Å². The topological polar surface area (TPSA) is 100 Å². The van der Waals surface area contributed by atoms with Crippen LogP contribution in [0.5, 0.6) is 5.88 Å². The van der Waals surface area contributed by atoms with Gasteiger partial charge in [0.05, 0.1) is 36.8 Å². The van der Waals surface area contributed by atoms with Crippen LogP contribution in [-0.2, 0) is 9.53 Å². The molecular formula is C26H27FN6O4S. The van der Waals surface area contributed by atoms with Crippen molar-refractivity contribution >= 4 is 51.9 Å². The van der Waals surface area contributed by atoms with Crippen LogP contribution in [0.3, 0.4) is 0 Å². The molecule has 3 aliphatic rings. The van der Waals surface area contributed by atoms with Crippen LogP contribution in [0.4, 0.5) is 26.2 Å². The van der Waals surface area contributed by atoms with Crippen molar-refractivity contribution in [1.82, 2.24) is 14.9 Å². The number of nitrogens with one attached hydrogen (secondary N) is 1. The van der Waals surface area contributed by atoms with Crippen LogP contribution < -0.4 is 19.9 Å². The molecule has 0 spiro atoms. The Labute approximate surface area is 223 Å². The van der Waals surface area contributed by atoms with Crippen LogP contribution in [-0.4, -0.2) is 85.1 Å². The van der Waals surface area contributed by atoms with E-state index in [1.807, 2.05) is 23.1 Å². The maximum absolute atomic E-state index is 15.0. The monoisotopic (exact) mass is 538 g/mol. The molecule has 3 aromatic rings. The summed E-state index contributed by atoms with van der Waals surface area (Å²) in [5.74, 6) is 0.343. The smallest absolute Gasteiger partial charge is 0.414 e. The van der Waals surface area contributed by atoms with Crippen molar-refractivity contribution in [2.45, 2.75) is 17.4 Å². The summed E-state index contributed by atoms with van der Waals surface area (Å²) >= 11 is 1.48. The molecule has 2 aromatic heterocycles. The molecule has 0 unspecified atom stereocenters. The highest BCUT2D eigenvalue weighted by Crippen LogP contribution is 2.36. The fourth-order valence-corrected chi connectivity index (χ4v) is 5.95. The molecule has 5 heterocycles. The second kappa shape index (κ2) is 10.3. The Hall–Kier alpha value is -3.64. The van der Waals surface area contributed by atoms with Crippen LogP contribution in [0.15, 0.2) is 41.4 Å². The molecule has 0 radical (unpaired) electrons. The normalized spacial score (nSPS) is 20.2. The molecule has 1 aromatic carbocycles. The summed E-state index contributed by atoms with van der Waals surface area (Å²) in [6.45, 7) is 3.76. The molecule has 12 heteroatoms. The van der Waals surface area contributed by atoms with Crippen molar-refractivity contribution in [3.05, 3.63) is 42.3 Å². The number of halogens is 1. The number of hydrogen-bond donors (Lipinski definition) is 1. The fourth-order valence-electron chi connectivity index (χ4n) is 5.16. The van der Waals surface area contributed by atoms with Gasteiger partial charge in [0.1, 0.15) is 17.3 Å². The number of benzene rings is 1. The highest BCUT2D eigenvalue weighted by molar-refractivity contribution is 8.00. The van der Waals surface area contributed by atoms with Gasteiger partial charge < -0.3 is 19.7 Å². The first kappa shape index (κ1) is 24.7. The molecular weight excluding hydrogens is 511 g/mol. The Bertz CT molecular complexity index is 1410. The first-order valence-electron chi connectivity index (χ1n) is 12.5. The maximum atomic E-state index is 15.0. The van der Waals surface area contributed by atoms with Gasteiger partial charge >= 0.3 is 6.09 Å². The summed E-state index contributed by atoms with van der Waals surface area (Å²) in [6.07, 6.45) is 1.37. The number of methoxy groups -OCH3 is 1. The SMILES string of the molecule is COc1ccc2ncc(F)c(N3CCCN(C[C@@H]4CN(c5ccc6c(c5)NC(=O)CS6)C(=O)O4)CC3)c2n1. The predicted octanol–water partition coefficient (Wildman–Crippen LogP) is 3.36. The lowest BCUT2D eigenvalue weighted by molar-refractivity contribution is -0.113. The van der Waals surface area contributed by atoms with E-state index >= 15 is 0 Å². The molecule has 1 atom stereocenters. The summed E-state index contributed by atoms with van der Waals surface area (Å²) in [4.78, 5) is 40.0. The Balaban J connectivity index is 1.12. The highest BCUT2D eigenvalue weighted by Gasteiger charge is 2.34. The second-order valence-corrected chi connectivity index (χ2v) is 10.5. The zero-order valence-corrected chi connectivity index (χ0v) is 21.7. The van der Waals surface area contributed by atoms with E-state index in [1.165, 1.54) is 25.1 Å². The highest BCUT2D eigenvalue weighted by atomic mass is 32.2. The minimum Gasteiger partial charge on any atom is -0.481 e. The maximum Gasteiger partial charge on any atom is 0.414 e. The number of anilines is 3. The minimum atomic E-state index is -0.410. The number of cyclic esters (lactones) is 1. The lowest BCUT2D eigenvalue weighted by Gasteiger charge is -2.25. The van der Waals surface area contributed by atoms with Crippen molar-refractivity contribution in [3.63, 3.8) is 0 Å². The Kier molecular flexibility index (Phi) is 6.66. The molecule has 2 saturated heterocycles. The van der Waals surface area contributed by atoms with Gasteiger partial charge in [0.15, 0.2) is 5.82 Å². The van der Waals surface area contributed by atoms with Crippen molar-refractivity contribution < 1.29 is 23.5 Å². The summed E-state index contributed by atoms with van der Waals surface area (Å²) in [7, 11) is 1.53. The van der Waals surface area contributed by atoms with Gasteiger partial charge in [-0.3, -0.25) is 19.6 Å². The molecule has 0 saturated carbocycles. The summed E-state index contributed by atoms with van der Waals surface area (Å²) in [5.41, 5.74) is 2.95. The van der Waals surface area contributed by atoms with Gasteiger partial charge in [0.2, 0.25) is 11.8 Å². The number of carbonyl (C=O) groups excluding carboxylic acids is 2. The van der Waals surface area contributed by atoms with Gasteiger partial charge in [0, 0.05) is 49.4 Å². The van der Waals surface area contributed by atoms with E-state index in [9.17, 15) is 14.0 Å². The zero-order chi connectivity index (χ0) is 26.2. The Morgan fingerprint density at radius 3 is 2.95 bits per heavy atom. The number of aromatic nitrogens is 2. The minimum absolute atomic E-state index is 0.0497. The number of amides is 2. The molecule has 0 aliphatic carbocycles.